The van der Waals surface area contributed by atoms with Gasteiger partial charge < -0.3 is 9.47 Å². The molecule has 4 rings (SSSR count). The summed E-state index contributed by atoms with van der Waals surface area (Å²) in [7, 11) is 2.57. The van der Waals surface area contributed by atoms with Crippen LogP contribution in [0.5, 0.6) is 0 Å². The number of nitrogens with zero attached hydrogens (tertiary/aromatic N) is 1. The van der Waals surface area contributed by atoms with Gasteiger partial charge in [-0.1, -0.05) is 54.6 Å². The highest BCUT2D eigenvalue weighted by molar-refractivity contribution is 6.08. The quantitative estimate of drug-likeness (QED) is 0.565. The van der Waals surface area contributed by atoms with Gasteiger partial charge in [-0.05, 0) is 35.6 Å². The van der Waals surface area contributed by atoms with Gasteiger partial charge in [0.1, 0.15) is 0 Å². The molecule has 0 spiro atoms. The van der Waals surface area contributed by atoms with Crippen LogP contribution in [0.3, 0.4) is 0 Å². The van der Waals surface area contributed by atoms with E-state index < -0.39 is 23.5 Å². The summed E-state index contributed by atoms with van der Waals surface area (Å²) < 4.78 is 10.2. The van der Waals surface area contributed by atoms with Crippen molar-refractivity contribution in [2.24, 2.45) is 5.41 Å². The Morgan fingerprint density at radius 1 is 1.00 bits per heavy atom. The average molecular weight is 405 g/mol. The molecule has 1 heterocycles. The molecule has 30 heavy (non-hydrogen) atoms. The highest BCUT2D eigenvalue weighted by atomic mass is 16.5. The number of ether oxygens (including phenoxy) is 2. The lowest BCUT2D eigenvalue weighted by atomic mass is 9.71. The summed E-state index contributed by atoms with van der Waals surface area (Å²) in [5.41, 5.74) is 1.46. The molecule has 154 valence electrons. The van der Waals surface area contributed by atoms with Gasteiger partial charge >= 0.3 is 12.1 Å². The van der Waals surface area contributed by atoms with Gasteiger partial charge in [0.05, 0.1) is 26.0 Å². The number of hydrogen-bond acceptors (Lipinski definition) is 5. The van der Waals surface area contributed by atoms with Crippen molar-refractivity contribution in [3.05, 3.63) is 71.3 Å². The number of carbonyl (C=O) groups excluding carboxylic acids is 3. The molecule has 0 N–H and O–H groups in total. The average Bonchev–Trinajstić information content (AvgIpc) is 3.19. The largest absolute Gasteiger partial charge is 0.468 e. The maximum absolute atomic E-state index is 13.2. The Bertz CT molecular complexity index is 1030. The normalized spacial score (nSPS) is 22.9. The van der Waals surface area contributed by atoms with Crippen molar-refractivity contribution in [3.63, 3.8) is 0 Å². The molecule has 1 saturated carbocycles. The summed E-state index contributed by atoms with van der Waals surface area (Å²) in [6.07, 6.45) is 2.40. The van der Waals surface area contributed by atoms with Gasteiger partial charge in [-0.15, -0.1) is 0 Å². The first-order valence-corrected chi connectivity index (χ1v) is 9.89. The molecule has 0 bridgehead atoms. The fourth-order valence-electron chi connectivity index (χ4n) is 4.69. The first-order valence-electron chi connectivity index (χ1n) is 9.89. The third kappa shape index (κ3) is 2.91. The summed E-state index contributed by atoms with van der Waals surface area (Å²) >= 11 is 0. The first-order chi connectivity index (χ1) is 14.5. The van der Waals surface area contributed by atoms with Crippen molar-refractivity contribution in [1.29, 1.82) is 0 Å². The van der Waals surface area contributed by atoms with Crippen LogP contribution in [-0.2, 0) is 19.1 Å². The second kappa shape index (κ2) is 7.78. The third-order valence-corrected chi connectivity index (χ3v) is 6.03. The highest BCUT2D eigenvalue weighted by Gasteiger charge is 2.60. The fraction of sp³-hybridized carbons (Fsp3) is 0.292. The predicted octanol–water partition coefficient (Wildman–Crippen LogP) is 4.22. The molecule has 6 heteroatoms. The molecule has 2 aliphatic rings. The number of rotatable bonds is 3. The lowest BCUT2D eigenvalue weighted by Gasteiger charge is -2.44. The SMILES string of the molecule is COC(=O)N1C(c2ccccc2)=Cc2ccccc2C1C1(C(=O)OC)CCCC1=O. The van der Waals surface area contributed by atoms with Crippen LogP contribution in [-0.4, -0.2) is 37.0 Å². The van der Waals surface area contributed by atoms with Gasteiger partial charge in [-0.25, -0.2) is 4.79 Å². The Morgan fingerprint density at radius 2 is 1.70 bits per heavy atom. The molecule has 1 amide bonds. The lowest BCUT2D eigenvalue weighted by molar-refractivity contribution is -0.160. The van der Waals surface area contributed by atoms with E-state index in [1.807, 2.05) is 60.7 Å². The summed E-state index contributed by atoms with van der Waals surface area (Å²) in [6.45, 7) is 0. The van der Waals surface area contributed by atoms with Crippen LogP contribution in [0.15, 0.2) is 54.6 Å². The molecule has 0 aromatic heterocycles. The number of benzene rings is 2. The Kier molecular flexibility index (Phi) is 5.16. The number of Topliss-reactive ketones (excluding diaryl/α,β-unsaturated/α-hetero) is 1. The van der Waals surface area contributed by atoms with E-state index in [1.54, 1.807) is 0 Å². The van der Waals surface area contributed by atoms with Gasteiger partial charge in [-0.3, -0.25) is 14.5 Å². The summed E-state index contributed by atoms with van der Waals surface area (Å²) in [5, 5.41) is 0. The van der Waals surface area contributed by atoms with Crippen molar-refractivity contribution in [2.75, 3.05) is 14.2 Å². The van der Waals surface area contributed by atoms with E-state index in [9.17, 15) is 14.4 Å². The molecule has 0 radical (unpaired) electrons. The van der Waals surface area contributed by atoms with Crippen molar-refractivity contribution in [1.82, 2.24) is 4.90 Å². The van der Waals surface area contributed by atoms with Crippen LogP contribution in [0.2, 0.25) is 0 Å². The Labute approximate surface area is 175 Å². The monoisotopic (exact) mass is 405 g/mol. The van der Waals surface area contributed by atoms with Crippen molar-refractivity contribution < 1.29 is 23.9 Å². The smallest absolute Gasteiger partial charge is 0.414 e. The number of ketones is 1. The second-order valence-corrected chi connectivity index (χ2v) is 7.51. The topological polar surface area (TPSA) is 72.9 Å². The molecular formula is C24H23NO5. The minimum Gasteiger partial charge on any atom is -0.468 e. The Morgan fingerprint density at radius 3 is 2.33 bits per heavy atom. The summed E-state index contributed by atoms with van der Waals surface area (Å²) in [6, 6.07) is 16.0. The zero-order chi connectivity index (χ0) is 21.3. The third-order valence-electron chi connectivity index (χ3n) is 6.03. The molecule has 2 unspecified atom stereocenters. The number of esters is 1. The van der Waals surface area contributed by atoms with Gasteiger partial charge in [0.25, 0.3) is 0 Å². The lowest BCUT2D eigenvalue weighted by Crippen LogP contribution is -2.51. The van der Waals surface area contributed by atoms with E-state index in [2.05, 4.69) is 0 Å². The maximum atomic E-state index is 13.2. The predicted molar refractivity (Wildman–Crippen MR) is 111 cm³/mol. The van der Waals surface area contributed by atoms with Gasteiger partial charge in [0, 0.05) is 6.42 Å². The standard InChI is InChI=1S/C24H23NO5/c1-29-22(27)24(14-8-13-20(24)26)21-18-12-7-6-11-17(18)15-19(25(21)23(28)30-2)16-9-4-3-5-10-16/h3-7,9-12,15,21H,8,13-14H2,1-2H3. The van der Waals surface area contributed by atoms with Gasteiger partial charge in [0.15, 0.2) is 11.2 Å². The summed E-state index contributed by atoms with van der Waals surface area (Å²) in [4.78, 5) is 40.8. The van der Waals surface area contributed by atoms with Crippen LogP contribution >= 0.6 is 0 Å². The van der Waals surface area contributed by atoms with Crippen LogP contribution in [0.25, 0.3) is 11.8 Å². The number of fused-ring (bicyclic) bond motifs is 1. The molecule has 6 nitrogen and oxygen atoms in total. The highest BCUT2D eigenvalue weighted by Crippen LogP contribution is 2.54. The molecule has 2 aromatic rings. The maximum Gasteiger partial charge on any atom is 0.414 e. The van der Waals surface area contributed by atoms with Gasteiger partial charge in [-0.2, -0.15) is 0 Å². The van der Waals surface area contributed by atoms with Crippen LogP contribution < -0.4 is 0 Å². The van der Waals surface area contributed by atoms with Gasteiger partial charge in [0.2, 0.25) is 0 Å². The van der Waals surface area contributed by atoms with E-state index >= 15 is 0 Å². The molecule has 2 atom stereocenters. The molecule has 2 aromatic carbocycles. The number of hydrogen-bond donors (Lipinski definition) is 0. The van der Waals surface area contributed by atoms with E-state index in [1.165, 1.54) is 19.1 Å². The summed E-state index contributed by atoms with van der Waals surface area (Å²) in [5.74, 6) is -0.828. The minimum absolute atomic E-state index is 0.211. The molecule has 1 fully saturated rings. The van der Waals surface area contributed by atoms with E-state index in [0.717, 1.165) is 16.7 Å². The van der Waals surface area contributed by atoms with Crippen molar-refractivity contribution in [3.8, 4) is 0 Å². The molecule has 0 saturated heterocycles. The zero-order valence-electron chi connectivity index (χ0n) is 17.0. The minimum atomic E-state index is -1.48. The molecule has 1 aliphatic carbocycles. The molecule has 1 aliphatic heterocycles. The van der Waals surface area contributed by atoms with Crippen LogP contribution in [0, 0.1) is 5.41 Å². The number of amides is 1. The number of carbonyl (C=O) groups is 3. The molecular weight excluding hydrogens is 382 g/mol. The zero-order valence-corrected chi connectivity index (χ0v) is 17.0. The van der Waals surface area contributed by atoms with Crippen molar-refractivity contribution >= 4 is 29.6 Å². The fourth-order valence-corrected chi connectivity index (χ4v) is 4.69. The first kappa shape index (κ1) is 19.9. The van der Waals surface area contributed by atoms with Crippen LogP contribution in [0.1, 0.15) is 42.0 Å². The Balaban J connectivity index is 2.02. The van der Waals surface area contributed by atoms with Crippen LogP contribution in [0.4, 0.5) is 4.79 Å². The van der Waals surface area contributed by atoms with Crippen molar-refractivity contribution in [2.45, 2.75) is 25.3 Å². The van der Waals surface area contributed by atoms with E-state index in [0.29, 0.717) is 18.5 Å². The number of methoxy groups -OCH3 is 2. The Hall–Kier alpha value is -3.41. The van der Waals surface area contributed by atoms with E-state index in [4.69, 9.17) is 9.47 Å². The van der Waals surface area contributed by atoms with E-state index in [-0.39, 0.29) is 12.2 Å². The second-order valence-electron chi connectivity index (χ2n) is 7.51.